The van der Waals surface area contributed by atoms with Crippen LogP contribution in [0.5, 0.6) is 0 Å². The molecule has 188 valence electrons. The van der Waals surface area contributed by atoms with Gasteiger partial charge < -0.3 is 10.0 Å². The number of aliphatic hydroxyl groups is 1. The molecular formula is C29H30Cl2N2O3. The SMILES string of the molecule is CN(CC(C(=O)CN1CCC(O)(c2ccccc2)CC1)c1ccc(Cl)c(Cl)c1)C(=O)c1ccccc1. The Balaban J connectivity index is 1.48. The van der Waals surface area contributed by atoms with Crippen molar-refractivity contribution in [1.82, 2.24) is 9.80 Å². The second kappa shape index (κ2) is 11.6. The highest BCUT2D eigenvalue weighted by Crippen LogP contribution is 2.33. The fourth-order valence-corrected chi connectivity index (χ4v) is 5.04. The van der Waals surface area contributed by atoms with E-state index in [1.807, 2.05) is 48.5 Å². The Hall–Kier alpha value is -2.70. The average molecular weight is 525 g/mol. The number of hydrogen-bond acceptors (Lipinski definition) is 4. The summed E-state index contributed by atoms with van der Waals surface area (Å²) in [6.45, 7) is 1.64. The number of ketones is 1. The number of Topliss-reactive ketones (excluding diaryl/α,β-unsaturated/α-hetero) is 1. The van der Waals surface area contributed by atoms with Crippen molar-refractivity contribution in [2.24, 2.45) is 0 Å². The molecule has 1 heterocycles. The molecule has 0 saturated carbocycles. The minimum absolute atomic E-state index is 0.00810. The fraction of sp³-hybridized carbons (Fsp3) is 0.310. The first-order chi connectivity index (χ1) is 17.3. The molecule has 3 aromatic carbocycles. The van der Waals surface area contributed by atoms with E-state index in [1.165, 1.54) is 0 Å². The van der Waals surface area contributed by atoms with Crippen LogP contribution >= 0.6 is 23.2 Å². The third kappa shape index (κ3) is 6.16. The predicted octanol–water partition coefficient (Wildman–Crippen LogP) is 5.40. The molecular weight excluding hydrogens is 495 g/mol. The van der Waals surface area contributed by atoms with Gasteiger partial charge in [-0.1, -0.05) is 77.8 Å². The Kier molecular flexibility index (Phi) is 8.47. The van der Waals surface area contributed by atoms with Gasteiger partial charge in [-0.3, -0.25) is 14.5 Å². The maximum Gasteiger partial charge on any atom is 0.253 e. The molecule has 1 amide bonds. The summed E-state index contributed by atoms with van der Waals surface area (Å²) in [6.07, 6.45) is 1.10. The Morgan fingerprint density at radius 2 is 1.56 bits per heavy atom. The minimum atomic E-state index is -0.883. The highest BCUT2D eigenvalue weighted by molar-refractivity contribution is 6.42. The van der Waals surface area contributed by atoms with Gasteiger partial charge in [0, 0.05) is 32.2 Å². The van der Waals surface area contributed by atoms with Gasteiger partial charge in [0.25, 0.3) is 5.91 Å². The van der Waals surface area contributed by atoms with E-state index in [-0.39, 0.29) is 24.8 Å². The highest BCUT2D eigenvalue weighted by atomic mass is 35.5. The first-order valence-corrected chi connectivity index (χ1v) is 12.8. The van der Waals surface area contributed by atoms with Crippen molar-refractivity contribution in [3.05, 3.63) is 106 Å². The molecule has 7 heteroatoms. The third-order valence-electron chi connectivity index (χ3n) is 6.93. The van der Waals surface area contributed by atoms with Gasteiger partial charge in [0.1, 0.15) is 0 Å². The van der Waals surface area contributed by atoms with E-state index in [0.717, 1.165) is 11.1 Å². The fourth-order valence-electron chi connectivity index (χ4n) is 4.73. The van der Waals surface area contributed by atoms with Gasteiger partial charge >= 0.3 is 0 Å². The Labute approximate surface area is 222 Å². The van der Waals surface area contributed by atoms with Crippen LogP contribution in [0.1, 0.15) is 40.2 Å². The van der Waals surface area contributed by atoms with Crippen molar-refractivity contribution in [2.45, 2.75) is 24.4 Å². The molecule has 5 nitrogen and oxygen atoms in total. The van der Waals surface area contributed by atoms with E-state index in [0.29, 0.717) is 41.5 Å². The standard InChI is InChI=1S/C29H30Cl2N2O3/c1-32(28(35)21-8-4-2-5-9-21)19-24(22-12-13-25(30)26(31)18-22)27(34)20-33-16-14-29(36,15-17-33)23-10-6-3-7-11-23/h2-13,18,24,36H,14-17,19-20H2,1H3. The number of piperidine rings is 1. The minimum Gasteiger partial charge on any atom is -0.385 e. The van der Waals surface area contributed by atoms with Crippen molar-refractivity contribution in [2.75, 3.05) is 33.2 Å². The molecule has 1 N–H and O–H groups in total. The molecule has 36 heavy (non-hydrogen) atoms. The number of benzene rings is 3. The van der Waals surface area contributed by atoms with Crippen LogP contribution in [-0.2, 0) is 10.4 Å². The van der Waals surface area contributed by atoms with Crippen LogP contribution in [0.25, 0.3) is 0 Å². The van der Waals surface area contributed by atoms with Gasteiger partial charge in [0.05, 0.1) is 28.1 Å². The second-order valence-corrected chi connectivity index (χ2v) is 10.2. The van der Waals surface area contributed by atoms with Crippen LogP contribution in [0, 0.1) is 0 Å². The van der Waals surface area contributed by atoms with Crippen molar-refractivity contribution >= 4 is 34.9 Å². The van der Waals surface area contributed by atoms with Crippen molar-refractivity contribution in [3.63, 3.8) is 0 Å². The van der Waals surface area contributed by atoms with Crippen LogP contribution < -0.4 is 0 Å². The second-order valence-electron chi connectivity index (χ2n) is 9.42. The molecule has 0 aliphatic carbocycles. The number of amides is 1. The maximum atomic E-state index is 13.6. The molecule has 1 atom stereocenters. The van der Waals surface area contributed by atoms with Gasteiger partial charge in [-0.25, -0.2) is 0 Å². The summed E-state index contributed by atoms with van der Waals surface area (Å²) in [6, 6.07) is 23.9. The number of likely N-dealkylation sites (tertiary alicyclic amines) is 1. The number of likely N-dealkylation sites (N-methyl/N-ethyl adjacent to an activating group) is 1. The number of halogens is 2. The highest BCUT2D eigenvalue weighted by Gasteiger charge is 2.35. The smallest absolute Gasteiger partial charge is 0.253 e. The first-order valence-electron chi connectivity index (χ1n) is 12.1. The van der Waals surface area contributed by atoms with Crippen LogP contribution in [0.3, 0.4) is 0 Å². The molecule has 0 aromatic heterocycles. The van der Waals surface area contributed by atoms with Gasteiger partial charge in [0.2, 0.25) is 0 Å². The Morgan fingerprint density at radius 3 is 2.17 bits per heavy atom. The summed E-state index contributed by atoms with van der Waals surface area (Å²) >= 11 is 12.4. The van der Waals surface area contributed by atoms with Crippen LogP contribution in [0.2, 0.25) is 10.0 Å². The molecule has 4 rings (SSSR count). The molecule has 0 bridgehead atoms. The molecule has 1 fully saturated rings. The maximum absolute atomic E-state index is 13.6. The summed E-state index contributed by atoms with van der Waals surface area (Å²) in [5.41, 5.74) is 1.31. The number of carbonyl (C=O) groups excluding carboxylic acids is 2. The molecule has 0 radical (unpaired) electrons. The summed E-state index contributed by atoms with van der Waals surface area (Å²) < 4.78 is 0. The van der Waals surface area contributed by atoms with Crippen molar-refractivity contribution < 1.29 is 14.7 Å². The van der Waals surface area contributed by atoms with Gasteiger partial charge in [-0.05, 0) is 48.2 Å². The van der Waals surface area contributed by atoms with E-state index in [2.05, 4.69) is 4.90 Å². The van der Waals surface area contributed by atoms with Crippen molar-refractivity contribution in [1.29, 1.82) is 0 Å². The number of rotatable bonds is 8. The largest absolute Gasteiger partial charge is 0.385 e. The summed E-state index contributed by atoms with van der Waals surface area (Å²) in [5.74, 6) is -0.724. The lowest BCUT2D eigenvalue weighted by Gasteiger charge is -2.38. The monoisotopic (exact) mass is 524 g/mol. The topological polar surface area (TPSA) is 60.9 Å². The van der Waals surface area contributed by atoms with Crippen LogP contribution in [0.15, 0.2) is 78.9 Å². The lowest BCUT2D eigenvalue weighted by Crippen LogP contribution is -2.45. The summed E-state index contributed by atoms with van der Waals surface area (Å²) in [7, 11) is 1.70. The molecule has 3 aromatic rings. The number of nitrogens with zero attached hydrogens (tertiary/aromatic N) is 2. The van der Waals surface area contributed by atoms with Gasteiger partial charge in [0.15, 0.2) is 5.78 Å². The number of hydrogen-bond donors (Lipinski definition) is 1. The quantitative estimate of drug-likeness (QED) is 0.428. The third-order valence-corrected chi connectivity index (χ3v) is 7.67. The average Bonchev–Trinajstić information content (AvgIpc) is 2.90. The van der Waals surface area contributed by atoms with Crippen LogP contribution in [0.4, 0.5) is 0 Å². The van der Waals surface area contributed by atoms with Crippen LogP contribution in [-0.4, -0.2) is 59.8 Å². The summed E-state index contributed by atoms with van der Waals surface area (Å²) in [4.78, 5) is 30.2. The molecule has 1 aliphatic rings. The Bertz CT molecular complexity index is 1200. The molecule has 1 unspecified atom stereocenters. The molecule has 1 aliphatic heterocycles. The zero-order chi connectivity index (χ0) is 25.7. The molecule has 1 saturated heterocycles. The lowest BCUT2D eigenvalue weighted by atomic mass is 9.84. The molecule has 0 spiro atoms. The zero-order valence-corrected chi connectivity index (χ0v) is 21.8. The van der Waals surface area contributed by atoms with Gasteiger partial charge in [-0.2, -0.15) is 0 Å². The van der Waals surface area contributed by atoms with E-state index < -0.39 is 11.5 Å². The summed E-state index contributed by atoms with van der Waals surface area (Å²) in [5, 5.41) is 11.9. The Morgan fingerprint density at radius 1 is 0.944 bits per heavy atom. The first kappa shape index (κ1) is 26.4. The lowest BCUT2D eigenvalue weighted by molar-refractivity contribution is -0.123. The number of carbonyl (C=O) groups is 2. The van der Waals surface area contributed by atoms with E-state index in [9.17, 15) is 14.7 Å². The van der Waals surface area contributed by atoms with Gasteiger partial charge in [-0.15, -0.1) is 0 Å². The van der Waals surface area contributed by atoms with E-state index in [4.69, 9.17) is 23.2 Å². The zero-order valence-electron chi connectivity index (χ0n) is 20.2. The predicted molar refractivity (Wildman–Crippen MR) is 144 cm³/mol. The normalized spacial score (nSPS) is 16.3. The van der Waals surface area contributed by atoms with E-state index in [1.54, 1.807) is 42.3 Å². The van der Waals surface area contributed by atoms with E-state index >= 15 is 0 Å². The van der Waals surface area contributed by atoms with Crippen molar-refractivity contribution in [3.8, 4) is 0 Å².